The largest absolute Gasteiger partial charge is 0.364 e. The van der Waals surface area contributed by atoms with E-state index in [0.29, 0.717) is 13.0 Å². The molecular formula is C12H20N4O. The Kier molecular flexibility index (Phi) is 4.17. The molecule has 0 aromatic carbocycles. The first kappa shape index (κ1) is 12.1. The molecule has 94 valence electrons. The Morgan fingerprint density at radius 1 is 1.65 bits per heavy atom. The lowest BCUT2D eigenvalue weighted by Gasteiger charge is -2.30. The van der Waals surface area contributed by atoms with Gasteiger partial charge in [0, 0.05) is 44.0 Å². The van der Waals surface area contributed by atoms with Crippen LogP contribution in [0.4, 0.5) is 0 Å². The molecule has 1 aliphatic heterocycles. The van der Waals surface area contributed by atoms with E-state index < -0.39 is 0 Å². The van der Waals surface area contributed by atoms with Crippen LogP contribution >= 0.6 is 0 Å². The van der Waals surface area contributed by atoms with Crippen molar-refractivity contribution in [1.82, 2.24) is 20.5 Å². The van der Waals surface area contributed by atoms with Gasteiger partial charge in [-0.25, -0.2) is 0 Å². The molecule has 17 heavy (non-hydrogen) atoms. The predicted octanol–water partition coefficient (Wildman–Crippen LogP) is -0.0754. The number of piperazine rings is 1. The van der Waals surface area contributed by atoms with E-state index in [1.54, 1.807) is 0 Å². The summed E-state index contributed by atoms with van der Waals surface area (Å²) in [6.07, 6.45) is 2.41. The van der Waals surface area contributed by atoms with Crippen molar-refractivity contribution in [2.45, 2.75) is 19.0 Å². The molecule has 5 heteroatoms. The number of H-pyrrole nitrogens is 1. The van der Waals surface area contributed by atoms with Gasteiger partial charge in [-0.05, 0) is 19.2 Å². The molecule has 1 aromatic heterocycles. The van der Waals surface area contributed by atoms with Gasteiger partial charge in [-0.1, -0.05) is 0 Å². The number of aromatic nitrogens is 1. The summed E-state index contributed by atoms with van der Waals surface area (Å²) >= 11 is 0. The molecule has 2 rings (SSSR count). The number of nitrogens with zero attached hydrogens (tertiary/aromatic N) is 1. The number of hydrogen-bond donors (Lipinski definition) is 3. The minimum atomic E-state index is 0.104. The van der Waals surface area contributed by atoms with E-state index in [9.17, 15) is 4.79 Å². The molecule has 0 radical (unpaired) electrons. The van der Waals surface area contributed by atoms with Crippen LogP contribution in [0.15, 0.2) is 18.3 Å². The van der Waals surface area contributed by atoms with E-state index in [2.05, 4.69) is 27.6 Å². The Labute approximate surface area is 102 Å². The van der Waals surface area contributed by atoms with Gasteiger partial charge in [-0.2, -0.15) is 0 Å². The summed E-state index contributed by atoms with van der Waals surface area (Å²) in [4.78, 5) is 17.0. The second-order valence-electron chi connectivity index (χ2n) is 4.59. The maximum Gasteiger partial charge on any atom is 0.221 e. The molecule has 1 aliphatic rings. The Morgan fingerprint density at radius 2 is 2.53 bits per heavy atom. The number of nitrogens with one attached hydrogen (secondary N) is 3. The molecule has 0 bridgehead atoms. The number of carbonyl (C=O) groups is 1. The van der Waals surface area contributed by atoms with Crippen LogP contribution in [0.1, 0.15) is 12.1 Å². The van der Waals surface area contributed by atoms with E-state index in [1.165, 1.54) is 0 Å². The number of rotatable bonds is 4. The monoisotopic (exact) mass is 236 g/mol. The minimum absolute atomic E-state index is 0.104. The van der Waals surface area contributed by atoms with Crippen LogP contribution in [0, 0.1) is 0 Å². The first-order valence-corrected chi connectivity index (χ1v) is 6.05. The van der Waals surface area contributed by atoms with Gasteiger partial charge in [-0.15, -0.1) is 0 Å². The van der Waals surface area contributed by atoms with Crippen molar-refractivity contribution in [3.63, 3.8) is 0 Å². The van der Waals surface area contributed by atoms with Gasteiger partial charge in [0.2, 0.25) is 5.91 Å². The summed E-state index contributed by atoms with van der Waals surface area (Å²) in [5.41, 5.74) is 1.03. The number of carbonyl (C=O) groups excluding carboxylic acids is 1. The van der Waals surface area contributed by atoms with Crippen molar-refractivity contribution < 1.29 is 4.79 Å². The molecule has 1 aromatic rings. The molecule has 0 spiro atoms. The van der Waals surface area contributed by atoms with Crippen LogP contribution in [-0.4, -0.2) is 48.5 Å². The molecule has 1 fully saturated rings. The van der Waals surface area contributed by atoms with Crippen molar-refractivity contribution in [2.24, 2.45) is 0 Å². The Morgan fingerprint density at radius 3 is 3.24 bits per heavy atom. The van der Waals surface area contributed by atoms with Crippen molar-refractivity contribution in [2.75, 3.05) is 26.7 Å². The highest BCUT2D eigenvalue weighted by molar-refractivity contribution is 5.76. The van der Waals surface area contributed by atoms with Crippen molar-refractivity contribution in [3.8, 4) is 0 Å². The third kappa shape index (κ3) is 3.87. The number of hydrogen-bond acceptors (Lipinski definition) is 3. The first-order chi connectivity index (χ1) is 8.24. The third-order valence-electron chi connectivity index (χ3n) is 3.03. The molecule has 1 atom stereocenters. The fourth-order valence-electron chi connectivity index (χ4n) is 2.10. The van der Waals surface area contributed by atoms with Crippen LogP contribution in [0.3, 0.4) is 0 Å². The second kappa shape index (κ2) is 5.84. The highest BCUT2D eigenvalue weighted by Gasteiger charge is 2.18. The summed E-state index contributed by atoms with van der Waals surface area (Å²) in [7, 11) is 2.09. The Bertz CT molecular complexity index is 349. The fraction of sp³-hybridized carbons (Fsp3) is 0.583. The average Bonchev–Trinajstić information content (AvgIpc) is 2.79. The van der Waals surface area contributed by atoms with Crippen molar-refractivity contribution in [1.29, 1.82) is 0 Å². The van der Waals surface area contributed by atoms with Gasteiger partial charge < -0.3 is 20.5 Å². The van der Waals surface area contributed by atoms with E-state index in [1.807, 2.05) is 18.3 Å². The molecular weight excluding hydrogens is 216 g/mol. The SMILES string of the molecule is CN1CCNC(CC(=O)NCc2ccc[nH]2)C1. The lowest BCUT2D eigenvalue weighted by Crippen LogP contribution is -2.50. The molecule has 1 amide bonds. The molecule has 5 nitrogen and oxygen atoms in total. The van der Waals surface area contributed by atoms with Crippen LogP contribution < -0.4 is 10.6 Å². The summed E-state index contributed by atoms with van der Waals surface area (Å²) in [6.45, 7) is 3.54. The minimum Gasteiger partial charge on any atom is -0.364 e. The smallest absolute Gasteiger partial charge is 0.221 e. The summed E-state index contributed by atoms with van der Waals surface area (Å²) in [5.74, 6) is 0.104. The standard InChI is InChI=1S/C12H20N4O/c1-16-6-5-14-11(9-16)7-12(17)15-8-10-3-2-4-13-10/h2-4,11,13-14H,5-9H2,1H3,(H,15,17). The van der Waals surface area contributed by atoms with Gasteiger partial charge in [-0.3, -0.25) is 4.79 Å². The lowest BCUT2D eigenvalue weighted by molar-refractivity contribution is -0.122. The Balaban J connectivity index is 1.70. The first-order valence-electron chi connectivity index (χ1n) is 6.05. The molecule has 1 unspecified atom stereocenters. The topological polar surface area (TPSA) is 60.2 Å². The Hall–Kier alpha value is -1.33. The van der Waals surface area contributed by atoms with Crippen molar-refractivity contribution >= 4 is 5.91 Å². The van der Waals surface area contributed by atoms with Gasteiger partial charge in [0.15, 0.2) is 0 Å². The van der Waals surface area contributed by atoms with Gasteiger partial charge >= 0.3 is 0 Å². The third-order valence-corrected chi connectivity index (χ3v) is 3.03. The zero-order chi connectivity index (χ0) is 12.1. The average molecular weight is 236 g/mol. The zero-order valence-electron chi connectivity index (χ0n) is 10.2. The quantitative estimate of drug-likeness (QED) is 0.685. The predicted molar refractivity (Wildman–Crippen MR) is 66.5 cm³/mol. The summed E-state index contributed by atoms with van der Waals surface area (Å²) in [6, 6.07) is 4.17. The highest BCUT2D eigenvalue weighted by atomic mass is 16.1. The maximum absolute atomic E-state index is 11.7. The zero-order valence-corrected chi connectivity index (χ0v) is 10.2. The lowest BCUT2D eigenvalue weighted by atomic mass is 10.1. The van der Waals surface area contributed by atoms with Crippen molar-refractivity contribution in [3.05, 3.63) is 24.0 Å². The van der Waals surface area contributed by atoms with Gasteiger partial charge in [0.05, 0.1) is 6.54 Å². The molecule has 0 saturated carbocycles. The number of amides is 1. The molecule has 1 saturated heterocycles. The molecule has 0 aliphatic carbocycles. The van der Waals surface area contributed by atoms with Crippen LogP contribution in [0.5, 0.6) is 0 Å². The highest BCUT2D eigenvalue weighted by Crippen LogP contribution is 2.01. The normalized spacial score (nSPS) is 21.4. The van der Waals surface area contributed by atoms with Crippen LogP contribution in [-0.2, 0) is 11.3 Å². The molecule has 2 heterocycles. The van der Waals surface area contributed by atoms with E-state index >= 15 is 0 Å². The van der Waals surface area contributed by atoms with E-state index in [-0.39, 0.29) is 11.9 Å². The maximum atomic E-state index is 11.7. The van der Waals surface area contributed by atoms with Crippen LogP contribution in [0.2, 0.25) is 0 Å². The van der Waals surface area contributed by atoms with E-state index in [4.69, 9.17) is 0 Å². The fourth-order valence-corrected chi connectivity index (χ4v) is 2.10. The van der Waals surface area contributed by atoms with Gasteiger partial charge in [0.1, 0.15) is 0 Å². The summed E-state index contributed by atoms with van der Waals surface area (Å²) < 4.78 is 0. The van der Waals surface area contributed by atoms with Crippen LogP contribution in [0.25, 0.3) is 0 Å². The summed E-state index contributed by atoms with van der Waals surface area (Å²) in [5, 5.41) is 6.28. The van der Waals surface area contributed by atoms with E-state index in [0.717, 1.165) is 25.3 Å². The van der Waals surface area contributed by atoms with Gasteiger partial charge in [0.25, 0.3) is 0 Å². The molecule has 3 N–H and O–H groups in total. The number of likely N-dealkylation sites (N-methyl/N-ethyl adjacent to an activating group) is 1. The second-order valence-corrected chi connectivity index (χ2v) is 4.59. The number of aromatic amines is 1.